The van der Waals surface area contributed by atoms with Crippen LogP contribution in [0.3, 0.4) is 0 Å². The summed E-state index contributed by atoms with van der Waals surface area (Å²) in [6, 6.07) is 0. The minimum Gasteiger partial charge on any atom is -0.237 e. The smallest absolute Gasteiger partial charge is 0.0853 e. The highest BCUT2D eigenvalue weighted by Gasteiger charge is 2.45. The molecule has 0 heterocycles. The molecule has 0 aromatic carbocycles. The molecule has 2 fully saturated rings. The summed E-state index contributed by atoms with van der Waals surface area (Å²) in [6.07, 6.45) is 12.1. The van der Waals surface area contributed by atoms with Gasteiger partial charge in [-0.05, 0) is 49.4 Å². The van der Waals surface area contributed by atoms with Gasteiger partial charge in [-0.25, -0.2) is 9.78 Å². The summed E-state index contributed by atoms with van der Waals surface area (Å²) in [5, 5.41) is 0. The van der Waals surface area contributed by atoms with Crippen LogP contribution in [0.5, 0.6) is 0 Å². The Morgan fingerprint density at radius 1 is 0.842 bits per heavy atom. The Bertz CT molecular complexity index is 241. The van der Waals surface area contributed by atoms with Crippen LogP contribution >= 0.6 is 0 Å². The largest absolute Gasteiger partial charge is 0.237 e. The van der Waals surface area contributed by atoms with Crippen molar-refractivity contribution in [2.24, 2.45) is 23.7 Å². The maximum absolute atomic E-state index is 5.44. The van der Waals surface area contributed by atoms with Crippen LogP contribution in [0.4, 0.5) is 0 Å². The highest BCUT2D eigenvalue weighted by molar-refractivity contribution is 4.94. The number of rotatable bonds is 10. The molecule has 2 rings (SSSR count). The van der Waals surface area contributed by atoms with Gasteiger partial charge in [0.05, 0.1) is 13.2 Å². The van der Waals surface area contributed by atoms with E-state index in [0.717, 1.165) is 43.3 Å². The third-order valence-corrected chi connectivity index (χ3v) is 5.10. The number of unbranched alkanes of at least 4 members (excludes halogenated alkanes) is 5. The molecule has 112 valence electrons. The Kier molecular flexibility index (Phi) is 6.66. The van der Waals surface area contributed by atoms with E-state index in [2.05, 4.69) is 13.8 Å². The Morgan fingerprint density at radius 3 is 2.42 bits per heavy atom. The fraction of sp³-hybridized carbons (Fsp3) is 1.00. The monoisotopic (exact) mass is 268 g/mol. The first-order valence-electron chi connectivity index (χ1n) is 8.55. The van der Waals surface area contributed by atoms with Gasteiger partial charge in [-0.2, -0.15) is 0 Å². The van der Waals surface area contributed by atoms with Gasteiger partial charge in [-0.3, -0.25) is 0 Å². The Balaban J connectivity index is 1.39. The zero-order chi connectivity index (χ0) is 13.5. The van der Waals surface area contributed by atoms with Crippen molar-refractivity contribution in [3.05, 3.63) is 0 Å². The molecule has 2 aliphatic carbocycles. The topological polar surface area (TPSA) is 18.5 Å². The zero-order valence-electron chi connectivity index (χ0n) is 12.9. The number of hydrogen-bond donors (Lipinski definition) is 0. The van der Waals surface area contributed by atoms with Gasteiger partial charge in [-0.15, -0.1) is 0 Å². The van der Waals surface area contributed by atoms with E-state index in [1.54, 1.807) is 0 Å². The van der Waals surface area contributed by atoms with Crippen LogP contribution in [-0.2, 0) is 9.78 Å². The molecule has 0 aromatic rings. The summed E-state index contributed by atoms with van der Waals surface area (Å²) in [5.74, 6) is 3.67. The minimum atomic E-state index is 0.744. The summed E-state index contributed by atoms with van der Waals surface area (Å²) < 4.78 is 0. The van der Waals surface area contributed by atoms with E-state index in [0.29, 0.717) is 0 Å². The molecule has 4 unspecified atom stereocenters. The quantitative estimate of drug-likeness (QED) is 0.316. The van der Waals surface area contributed by atoms with Crippen LogP contribution in [0, 0.1) is 23.7 Å². The van der Waals surface area contributed by atoms with Crippen LogP contribution in [0.1, 0.15) is 71.6 Å². The molecule has 0 amide bonds. The van der Waals surface area contributed by atoms with E-state index in [9.17, 15) is 0 Å². The fourth-order valence-corrected chi connectivity index (χ4v) is 3.55. The lowest BCUT2D eigenvalue weighted by molar-refractivity contribution is -0.304. The summed E-state index contributed by atoms with van der Waals surface area (Å²) in [4.78, 5) is 10.8. The molecule has 0 bridgehead atoms. The van der Waals surface area contributed by atoms with Gasteiger partial charge >= 0.3 is 0 Å². The summed E-state index contributed by atoms with van der Waals surface area (Å²) in [5.41, 5.74) is 0. The van der Waals surface area contributed by atoms with Crippen LogP contribution in [0.15, 0.2) is 0 Å². The lowest BCUT2D eigenvalue weighted by Crippen LogP contribution is -2.23. The standard InChI is InChI=1S/C17H32O2/c1-3-4-5-6-7-8-9-18-19-13-17-12-16-11-15(16)10-14(17)2/h14-17H,3-13H2,1-2H3. The normalized spacial score (nSPS) is 33.2. The van der Waals surface area contributed by atoms with Crippen molar-refractivity contribution in [2.75, 3.05) is 13.2 Å². The van der Waals surface area contributed by atoms with Gasteiger partial charge in [0.2, 0.25) is 0 Å². The van der Waals surface area contributed by atoms with Crippen LogP contribution in [-0.4, -0.2) is 13.2 Å². The third-order valence-electron chi connectivity index (χ3n) is 5.10. The van der Waals surface area contributed by atoms with Gasteiger partial charge in [0.1, 0.15) is 0 Å². The first-order chi connectivity index (χ1) is 9.31. The maximum Gasteiger partial charge on any atom is 0.0853 e. The average Bonchev–Trinajstić information content (AvgIpc) is 3.14. The molecule has 0 saturated heterocycles. The van der Waals surface area contributed by atoms with Crippen molar-refractivity contribution in [1.82, 2.24) is 0 Å². The van der Waals surface area contributed by atoms with Crippen molar-refractivity contribution < 1.29 is 9.78 Å². The highest BCUT2D eigenvalue weighted by Crippen LogP contribution is 2.53. The second-order valence-corrected chi connectivity index (χ2v) is 6.84. The molecule has 0 aliphatic heterocycles. The molecule has 0 radical (unpaired) electrons. The van der Waals surface area contributed by atoms with Gasteiger partial charge in [0.15, 0.2) is 0 Å². The molecule has 2 saturated carbocycles. The first kappa shape index (κ1) is 15.3. The number of hydrogen-bond acceptors (Lipinski definition) is 2. The van der Waals surface area contributed by atoms with Crippen LogP contribution < -0.4 is 0 Å². The summed E-state index contributed by atoms with van der Waals surface area (Å²) in [7, 11) is 0. The van der Waals surface area contributed by atoms with Gasteiger partial charge in [-0.1, -0.05) is 46.0 Å². The highest BCUT2D eigenvalue weighted by atomic mass is 17.2. The van der Waals surface area contributed by atoms with Crippen molar-refractivity contribution in [2.45, 2.75) is 71.6 Å². The van der Waals surface area contributed by atoms with E-state index in [1.807, 2.05) is 0 Å². The average molecular weight is 268 g/mol. The van der Waals surface area contributed by atoms with Crippen molar-refractivity contribution in [3.8, 4) is 0 Å². The number of fused-ring (bicyclic) bond motifs is 1. The van der Waals surface area contributed by atoms with Crippen molar-refractivity contribution in [1.29, 1.82) is 0 Å². The van der Waals surface area contributed by atoms with Crippen LogP contribution in [0.2, 0.25) is 0 Å². The van der Waals surface area contributed by atoms with E-state index < -0.39 is 0 Å². The third kappa shape index (κ3) is 5.43. The lowest BCUT2D eigenvalue weighted by Gasteiger charge is -2.27. The van der Waals surface area contributed by atoms with E-state index in [-0.39, 0.29) is 0 Å². The molecule has 19 heavy (non-hydrogen) atoms. The first-order valence-corrected chi connectivity index (χ1v) is 8.55. The van der Waals surface area contributed by atoms with E-state index in [4.69, 9.17) is 9.78 Å². The Hall–Kier alpha value is -0.0800. The Labute approximate surface area is 119 Å². The molecule has 2 nitrogen and oxygen atoms in total. The van der Waals surface area contributed by atoms with Crippen LogP contribution in [0.25, 0.3) is 0 Å². The predicted octanol–water partition coefficient (Wildman–Crippen LogP) is 4.98. The summed E-state index contributed by atoms with van der Waals surface area (Å²) in [6.45, 7) is 6.24. The molecular formula is C17H32O2. The molecule has 4 atom stereocenters. The maximum atomic E-state index is 5.44. The predicted molar refractivity (Wildman–Crippen MR) is 78.8 cm³/mol. The minimum absolute atomic E-state index is 0.744. The molecule has 2 aliphatic rings. The van der Waals surface area contributed by atoms with Gasteiger partial charge in [0, 0.05) is 0 Å². The summed E-state index contributed by atoms with van der Waals surface area (Å²) >= 11 is 0. The van der Waals surface area contributed by atoms with Gasteiger partial charge in [0.25, 0.3) is 0 Å². The fourth-order valence-electron chi connectivity index (χ4n) is 3.55. The second-order valence-electron chi connectivity index (χ2n) is 6.84. The zero-order valence-corrected chi connectivity index (χ0v) is 12.9. The van der Waals surface area contributed by atoms with Crippen molar-refractivity contribution >= 4 is 0 Å². The molecule has 2 heteroatoms. The molecular weight excluding hydrogens is 236 g/mol. The van der Waals surface area contributed by atoms with Gasteiger partial charge < -0.3 is 0 Å². The second kappa shape index (κ2) is 8.26. The lowest BCUT2D eigenvalue weighted by atomic mass is 9.81. The molecule has 0 aromatic heterocycles. The van der Waals surface area contributed by atoms with Crippen molar-refractivity contribution in [3.63, 3.8) is 0 Å². The molecule has 0 N–H and O–H groups in total. The Morgan fingerprint density at radius 2 is 1.58 bits per heavy atom. The molecule has 0 spiro atoms. The van der Waals surface area contributed by atoms with E-state index in [1.165, 1.54) is 51.4 Å². The van der Waals surface area contributed by atoms with E-state index >= 15 is 0 Å². The SMILES string of the molecule is CCCCCCCCOOCC1CC2CC2CC1C.